The highest BCUT2D eigenvalue weighted by atomic mass is 16.4. The van der Waals surface area contributed by atoms with Gasteiger partial charge in [-0.05, 0) is 82.6 Å². The molecule has 0 spiro atoms. The largest absolute Gasteiger partial charge is 0.477 e. The first-order valence-corrected chi connectivity index (χ1v) is 13.3. The van der Waals surface area contributed by atoms with E-state index in [1.54, 1.807) is 6.07 Å². The summed E-state index contributed by atoms with van der Waals surface area (Å²) >= 11 is 0. The molecule has 1 aliphatic heterocycles. The standard InChI is InChI=1S/C35H28N2O2/c36-23-28(35(38)39)20-25-16-19-34-32(22-25)30-12-7-13-33(30)37(34)29-17-14-24(15-18-29)21-31(26-8-3-1-4-9-26)27-10-5-2-6-11-27/h1-6,8-11,14-22,30,33H,7,12-13H2,(H,38,39)/b28-20+/t30-,33-/m1/s1. The van der Waals surface area contributed by atoms with Crippen molar-refractivity contribution in [2.45, 2.75) is 31.2 Å². The molecule has 0 unspecified atom stereocenters. The van der Waals surface area contributed by atoms with E-state index in [0.29, 0.717) is 12.0 Å². The van der Waals surface area contributed by atoms with Crippen LogP contribution in [0.25, 0.3) is 17.7 Å². The summed E-state index contributed by atoms with van der Waals surface area (Å²) in [6, 6.07) is 38.0. The lowest BCUT2D eigenvalue weighted by Crippen LogP contribution is -2.26. The Kier molecular flexibility index (Phi) is 6.57. The number of anilines is 2. The number of carboxylic acid groups (broad SMARTS) is 1. The first kappa shape index (κ1) is 24.5. The minimum atomic E-state index is -1.20. The molecular weight excluding hydrogens is 480 g/mol. The SMILES string of the molecule is N#C/C(=C\c1ccc2c(c1)[C@H]1CCC[C@H]1N2c1ccc(C=C(c2ccccc2)c2ccccc2)cc1)C(=O)O. The van der Waals surface area contributed by atoms with Crippen LogP contribution in [0.15, 0.2) is 109 Å². The molecule has 0 amide bonds. The molecule has 1 aliphatic carbocycles. The minimum Gasteiger partial charge on any atom is -0.477 e. The summed E-state index contributed by atoms with van der Waals surface area (Å²) in [6.45, 7) is 0. The van der Waals surface area contributed by atoms with Gasteiger partial charge in [-0.3, -0.25) is 0 Å². The van der Waals surface area contributed by atoms with Crippen molar-refractivity contribution in [2.75, 3.05) is 4.90 Å². The van der Waals surface area contributed by atoms with Gasteiger partial charge >= 0.3 is 5.97 Å². The lowest BCUT2D eigenvalue weighted by molar-refractivity contribution is -0.132. The van der Waals surface area contributed by atoms with Crippen LogP contribution in [-0.4, -0.2) is 17.1 Å². The van der Waals surface area contributed by atoms with E-state index in [4.69, 9.17) is 0 Å². The molecule has 1 heterocycles. The van der Waals surface area contributed by atoms with E-state index in [1.807, 2.05) is 18.2 Å². The average molecular weight is 509 g/mol. The van der Waals surface area contributed by atoms with Gasteiger partial charge in [0.2, 0.25) is 0 Å². The molecule has 1 fully saturated rings. The van der Waals surface area contributed by atoms with E-state index in [-0.39, 0.29) is 5.57 Å². The fourth-order valence-electron chi connectivity index (χ4n) is 6.08. The molecule has 4 aromatic rings. The van der Waals surface area contributed by atoms with Crippen LogP contribution in [0, 0.1) is 11.3 Å². The van der Waals surface area contributed by atoms with Gasteiger partial charge in [0.25, 0.3) is 0 Å². The van der Waals surface area contributed by atoms with Crippen molar-refractivity contribution in [3.05, 3.63) is 137 Å². The Morgan fingerprint density at radius 2 is 1.46 bits per heavy atom. The van der Waals surface area contributed by atoms with Gasteiger partial charge in [-0.2, -0.15) is 5.26 Å². The molecule has 4 aromatic carbocycles. The van der Waals surface area contributed by atoms with Crippen LogP contribution in [0.5, 0.6) is 0 Å². The fourth-order valence-corrected chi connectivity index (χ4v) is 6.08. The lowest BCUT2D eigenvalue weighted by Gasteiger charge is -2.27. The van der Waals surface area contributed by atoms with Crippen LogP contribution in [0.1, 0.15) is 53.0 Å². The fraction of sp³-hybridized carbons (Fsp3) is 0.143. The van der Waals surface area contributed by atoms with Gasteiger partial charge in [-0.25, -0.2) is 4.79 Å². The van der Waals surface area contributed by atoms with Crippen molar-refractivity contribution in [1.29, 1.82) is 5.26 Å². The highest BCUT2D eigenvalue weighted by molar-refractivity contribution is 5.96. The number of nitrogens with zero attached hydrogens (tertiary/aromatic N) is 2. The maximum Gasteiger partial charge on any atom is 0.346 e. The maximum atomic E-state index is 11.3. The Morgan fingerprint density at radius 1 is 0.821 bits per heavy atom. The van der Waals surface area contributed by atoms with Crippen LogP contribution in [0.3, 0.4) is 0 Å². The molecule has 2 atom stereocenters. The highest BCUT2D eigenvalue weighted by Crippen LogP contribution is 2.52. The number of benzene rings is 4. The van der Waals surface area contributed by atoms with Crippen molar-refractivity contribution in [3.8, 4) is 6.07 Å². The Balaban J connectivity index is 1.35. The molecule has 4 heteroatoms. The summed E-state index contributed by atoms with van der Waals surface area (Å²) in [4.78, 5) is 13.8. The number of hydrogen-bond donors (Lipinski definition) is 1. The molecule has 39 heavy (non-hydrogen) atoms. The zero-order chi connectivity index (χ0) is 26.8. The second kappa shape index (κ2) is 10.5. The van der Waals surface area contributed by atoms with Gasteiger partial charge in [0.05, 0.1) is 0 Å². The molecule has 1 N–H and O–H groups in total. The number of rotatable bonds is 6. The third kappa shape index (κ3) is 4.76. The van der Waals surface area contributed by atoms with Gasteiger partial charge < -0.3 is 10.0 Å². The summed E-state index contributed by atoms with van der Waals surface area (Å²) in [5.41, 5.74) is 8.78. The van der Waals surface area contributed by atoms with Gasteiger partial charge in [-0.1, -0.05) is 85.3 Å². The first-order chi connectivity index (χ1) is 19.1. The first-order valence-electron chi connectivity index (χ1n) is 13.3. The minimum absolute atomic E-state index is 0.248. The van der Waals surface area contributed by atoms with Crippen LogP contribution >= 0.6 is 0 Å². The smallest absolute Gasteiger partial charge is 0.346 e. The molecule has 2 aliphatic rings. The Morgan fingerprint density at radius 3 is 2.08 bits per heavy atom. The molecule has 0 aromatic heterocycles. The predicted octanol–water partition coefficient (Wildman–Crippen LogP) is 8.05. The van der Waals surface area contributed by atoms with E-state index >= 15 is 0 Å². The Hall–Kier alpha value is -4.88. The zero-order valence-corrected chi connectivity index (χ0v) is 21.5. The van der Waals surface area contributed by atoms with Crippen LogP contribution < -0.4 is 4.90 Å². The predicted molar refractivity (Wildman–Crippen MR) is 156 cm³/mol. The molecule has 190 valence electrons. The third-order valence-corrected chi connectivity index (χ3v) is 7.84. The number of hydrogen-bond acceptors (Lipinski definition) is 3. The van der Waals surface area contributed by atoms with Crippen LogP contribution in [0.4, 0.5) is 11.4 Å². The molecule has 0 radical (unpaired) electrons. The molecule has 6 rings (SSSR count). The topological polar surface area (TPSA) is 64.3 Å². The van der Waals surface area contributed by atoms with Crippen molar-refractivity contribution < 1.29 is 9.90 Å². The normalized spacial score (nSPS) is 17.7. The molecular formula is C35H28N2O2. The van der Waals surface area contributed by atoms with E-state index in [9.17, 15) is 15.2 Å². The number of fused-ring (bicyclic) bond motifs is 3. The summed E-state index contributed by atoms with van der Waals surface area (Å²) in [5, 5.41) is 18.5. The second-order valence-electron chi connectivity index (χ2n) is 10.1. The Labute approximate surface area is 228 Å². The van der Waals surface area contributed by atoms with Gasteiger partial charge in [0, 0.05) is 23.3 Å². The zero-order valence-electron chi connectivity index (χ0n) is 21.5. The summed E-state index contributed by atoms with van der Waals surface area (Å²) < 4.78 is 0. The number of carbonyl (C=O) groups is 1. The Bertz CT molecular complexity index is 1570. The van der Waals surface area contributed by atoms with Crippen LogP contribution in [-0.2, 0) is 4.79 Å². The van der Waals surface area contributed by atoms with E-state index in [0.717, 1.165) is 29.7 Å². The summed E-state index contributed by atoms with van der Waals surface area (Å²) in [6.07, 6.45) is 7.12. The summed E-state index contributed by atoms with van der Waals surface area (Å²) in [5.74, 6) is -0.791. The number of nitriles is 1. The van der Waals surface area contributed by atoms with Crippen molar-refractivity contribution in [1.82, 2.24) is 0 Å². The van der Waals surface area contributed by atoms with Gasteiger partial charge in [0.15, 0.2) is 0 Å². The molecule has 4 nitrogen and oxygen atoms in total. The monoisotopic (exact) mass is 508 g/mol. The second-order valence-corrected chi connectivity index (χ2v) is 10.1. The molecule has 0 bridgehead atoms. The number of aliphatic carboxylic acids is 1. The quantitative estimate of drug-likeness (QED) is 0.163. The average Bonchev–Trinajstić information content (AvgIpc) is 3.57. The van der Waals surface area contributed by atoms with Gasteiger partial charge in [-0.15, -0.1) is 0 Å². The van der Waals surface area contributed by atoms with E-state index in [2.05, 4.69) is 95.9 Å². The van der Waals surface area contributed by atoms with Gasteiger partial charge in [0.1, 0.15) is 11.6 Å². The summed E-state index contributed by atoms with van der Waals surface area (Å²) in [7, 11) is 0. The van der Waals surface area contributed by atoms with Crippen molar-refractivity contribution in [3.63, 3.8) is 0 Å². The lowest BCUT2D eigenvalue weighted by atomic mass is 9.95. The third-order valence-electron chi connectivity index (χ3n) is 7.84. The van der Waals surface area contributed by atoms with E-state index in [1.165, 1.54) is 40.4 Å². The number of carboxylic acids is 1. The van der Waals surface area contributed by atoms with Crippen molar-refractivity contribution >= 4 is 35.1 Å². The van der Waals surface area contributed by atoms with E-state index < -0.39 is 5.97 Å². The molecule has 0 saturated heterocycles. The van der Waals surface area contributed by atoms with Crippen molar-refractivity contribution in [2.24, 2.45) is 0 Å². The maximum absolute atomic E-state index is 11.3. The van der Waals surface area contributed by atoms with Crippen LogP contribution in [0.2, 0.25) is 0 Å². The molecule has 1 saturated carbocycles. The highest BCUT2D eigenvalue weighted by Gasteiger charge is 2.42.